The monoisotopic (exact) mass is 354 g/mol. The molecule has 0 aliphatic carbocycles. The third-order valence-corrected chi connectivity index (χ3v) is 3.49. The van der Waals surface area contributed by atoms with Gasteiger partial charge in [-0.05, 0) is 6.42 Å². The molecule has 1 aromatic rings. The normalized spacial score (nSPS) is 10.1. The maximum Gasteiger partial charge on any atom is 0.240 e. The molecular weight excluding hydrogens is 328 g/mol. The molecule has 0 radical (unpaired) electrons. The van der Waals surface area contributed by atoms with E-state index in [-0.39, 0.29) is 18.4 Å². The first kappa shape index (κ1) is 20.6. The van der Waals surface area contributed by atoms with Crippen LogP contribution < -0.4 is 24.4 Å². The zero-order valence-corrected chi connectivity index (χ0v) is 15.4. The lowest BCUT2D eigenvalue weighted by atomic mass is 10.2. The summed E-state index contributed by atoms with van der Waals surface area (Å²) in [6.45, 7) is 2.32. The van der Waals surface area contributed by atoms with Crippen molar-refractivity contribution in [2.75, 3.05) is 53.0 Å². The van der Waals surface area contributed by atoms with Crippen LogP contribution in [0.25, 0.3) is 0 Å². The highest BCUT2D eigenvalue weighted by Gasteiger charge is 2.21. The Hall–Kier alpha value is -2.48. The van der Waals surface area contributed by atoms with Crippen LogP contribution in [0.1, 0.15) is 13.3 Å². The first-order chi connectivity index (χ1) is 12.0. The maximum atomic E-state index is 12.1. The Morgan fingerprint density at radius 2 is 1.64 bits per heavy atom. The Labute approximate surface area is 148 Å². The molecule has 0 aromatic heterocycles. The zero-order chi connectivity index (χ0) is 18.8. The first-order valence-corrected chi connectivity index (χ1v) is 7.82. The minimum Gasteiger partial charge on any atom is -0.493 e. The van der Waals surface area contributed by atoms with Crippen LogP contribution in [0.15, 0.2) is 12.1 Å². The minimum atomic E-state index is -0.277. The lowest BCUT2D eigenvalue weighted by Gasteiger charge is -2.23. The molecule has 140 valence electrons. The van der Waals surface area contributed by atoms with Gasteiger partial charge in [-0.15, -0.1) is 0 Å². The summed E-state index contributed by atoms with van der Waals surface area (Å²) in [5.41, 5.74) is 0.481. The molecule has 0 spiro atoms. The zero-order valence-electron chi connectivity index (χ0n) is 15.4. The van der Waals surface area contributed by atoms with Crippen LogP contribution in [-0.4, -0.2) is 59.9 Å². The summed E-state index contributed by atoms with van der Waals surface area (Å²) < 4.78 is 20.8. The van der Waals surface area contributed by atoms with Gasteiger partial charge in [0, 0.05) is 39.3 Å². The summed E-state index contributed by atoms with van der Waals surface area (Å²) in [5.74, 6) is 0.690. The maximum absolute atomic E-state index is 12.1. The van der Waals surface area contributed by atoms with Gasteiger partial charge < -0.3 is 29.2 Å². The SMILES string of the molecule is COCCCNC(=O)CN(C(C)=O)c1cc(OC)c(OC)c(OC)c1. The van der Waals surface area contributed by atoms with Gasteiger partial charge >= 0.3 is 0 Å². The molecule has 0 fully saturated rings. The van der Waals surface area contributed by atoms with E-state index in [0.717, 1.165) is 0 Å². The molecule has 0 atom stereocenters. The van der Waals surface area contributed by atoms with Crippen molar-refractivity contribution in [2.45, 2.75) is 13.3 Å². The van der Waals surface area contributed by atoms with Crippen LogP contribution in [0, 0.1) is 0 Å². The van der Waals surface area contributed by atoms with Crippen LogP contribution in [0.2, 0.25) is 0 Å². The highest BCUT2D eigenvalue weighted by molar-refractivity contribution is 5.98. The summed E-state index contributed by atoms with van der Waals surface area (Å²) in [4.78, 5) is 25.5. The third-order valence-electron chi connectivity index (χ3n) is 3.49. The average molecular weight is 354 g/mol. The van der Waals surface area contributed by atoms with Crippen molar-refractivity contribution < 1.29 is 28.5 Å². The number of ether oxygens (including phenoxy) is 4. The highest BCUT2D eigenvalue weighted by Crippen LogP contribution is 2.41. The van der Waals surface area contributed by atoms with Gasteiger partial charge in [0.1, 0.15) is 6.54 Å². The van der Waals surface area contributed by atoms with Crippen LogP contribution in [0.3, 0.4) is 0 Å². The van der Waals surface area contributed by atoms with E-state index in [1.165, 1.54) is 33.2 Å². The number of methoxy groups -OCH3 is 4. The molecular formula is C17H26N2O6. The van der Waals surface area contributed by atoms with Crippen molar-refractivity contribution in [1.29, 1.82) is 0 Å². The molecule has 0 aliphatic heterocycles. The number of nitrogens with one attached hydrogen (secondary N) is 1. The molecule has 2 amide bonds. The van der Waals surface area contributed by atoms with Gasteiger partial charge in [-0.1, -0.05) is 0 Å². The molecule has 0 heterocycles. The lowest BCUT2D eigenvalue weighted by Crippen LogP contribution is -2.40. The molecule has 1 rings (SSSR count). The number of hydrogen-bond acceptors (Lipinski definition) is 6. The predicted molar refractivity (Wildman–Crippen MR) is 93.6 cm³/mol. The van der Waals surface area contributed by atoms with E-state index in [9.17, 15) is 9.59 Å². The molecule has 1 N–H and O–H groups in total. The first-order valence-electron chi connectivity index (χ1n) is 7.82. The van der Waals surface area contributed by atoms with Crippen molar-refractivity contribution in [3.05, 3.63) is 12.1 Å². The number of carbonyl (C=O) groups excluding carboxylic acids is 2. The Morgan fingerprint density at radius 1 is 1.04 bits per heavy atom. The average Bonchev–Trinajstić information content (AvgIpc) is 2.61. The Balaban J connectivity index is 2.99. The van der Waals surface area contributed by atoms with Gasteiger partial charge in [-0.3, -0.25) is 9.59 Å². The number of carbonyl (C=O) groups is 2. The van der Waals surface area contributed by atoms with Crippen LogP contribution in [0.4, 0.5) is 5.69 Å². The molecule has 0 aliphatic rings. The number of amides is 2. The second-order valence-electron chi connectivity index (χ2n) is 5.19. The molecule has 25 heavy (non-hydrogen) atoms. The fraction of sp³-hybridized carbons (Fsp3) is 0.529. The largest absolute Gasteiger partial charge is 0.493 e. The van der Waals surface area contributed by atoms with Gasteiger partial charge in [-0.2, -0.15) is 0 Å². The van der Waals surface area contributed by atoms with E-state index < -0.39 is 0 Å². The highest BCUT2D eigenvalue weighted by atomic mass is 16.5. The smallest absolute Gasteiger partial charge is 0.240 e. The minimum absolute atomic E-state index is 0.110. The van der Waals surface area contributed by atoms with E-state index >= 15 is 0 Å². The summed E-state index contributed by atoms with van der Waals surface area (Å²) in [6, 6.07) is 3.25. The van der Waals surface area contributed by atoms with Gasteiger partial charge in [0.2, 0.25) is 17.6 Å². The number of rotatable bonds is 10. The van der Waals surface area contributed by atoms with Gasteiger partial charge in [0.25, 0.3) is 0 Å². The standard InChI is InChI=1S/C17H26N2O6/c1-12(20)19(11-16(21)18-7-6-8-22-2)13-9-14(23-3)17(25-5)15(10-13)24-4/h9-10H,6-8,11H2,1-5H3,(H,18,21). The van der Waals surface area contributed by atoms with Crippen molar-refractivity contribution >= 4 is 17.5 Å². The van der Waals surface area contributed by atoms with Crippen LogP contribution in [-0.2, 0) is 14.3 Å². The van der Waals surface area contributed by atoms with Gasteiger partial charge in [0.05, 0.1) is 27.0 Å². The molecule has 8 heteroatoms. The van der Waals surface area contributed by atoms with Crippen molar-refractivity contribution in [2.24, 2.45) is 0 Å². The summed E-state index contributed by atoms with van der Waals surface area (Å²) in [5, 5.41) is 2.75. The quantitative estimate of drug-likeness (QED) is 0.636. The summed E-state index contributed by atoms with van der Waals surface area (Å²) >= 11 is 0. The second-order valence-corrected chi connectivity index (χ2v) is 5.19. The number of benzene rings is 1. The number of nitrogens with zero attached hydrogens (tertiary/aromatic N) is 1. The Bertz CT molecular complexity index is 565. The van der Waals surface area contributed by atoms with Gasteiger partial charge in [0.15, 0.2) is 11.5 Å². The molecule has 0 unspecified atom stereocenters. The van der Waals surface area contributed by atoms with Crippen LogP contribution in [0.5, 0.6) is 17.2 Å². The van der Waals surface area contributed by atoms with E-state index in [4.69, 9.17) is 18.9 Å². The lowest BCUT2D eigenvalue weighted by molar-refractivity contribution is -0.123. The van der Waals surface area contributed by atoms with Crippen molar-refractivity contribution in [1.82, 2.24) is 5.32 Å². The molecule has 1 aromatic carbocycles. The molecule has 0 saturated heterocycles. The molecule has 8 nitrogen and oxygen atoms in total. The fourth-order valence-corrected chi connectivity index (χ4v) is 2.25. The molecule has 0 bridgehead atoms. The third kappa shape index (κ3) is 5.82. The number of anilines is 1. The summed E-state index contributed by atoms with van der Waals surface area (Å²) in [7, 11) is 6.07. The Kier molecular flexibility index (Phi) is 8.55. The van der Waals surface area contributed by atoms with E-state index in [1.54, 1.807) is 19.2 Å². The predicted octanol–water partition coefficient (Wildman–Crippen LogP) is 1.22. The topological polar surface area (TPSA) is 86.3 Å². The van der Waals surface area contributed by atoms with E-state index in [0.29, 0.717) is 42.5 Å². The summed E-state index contributed by atoms with van der Waals surface area (Å²) in [6.07, 6.45) is 0.701. The van der Waals surface area contributed by atoms with E-state index in [1.807, 2.05) is 0 Å². The van der Waals surface area contributed by atoms with Crippen molar-refractivity contribution in [3.63, 3.8) is 0 Å². The second kappa shape index (κ2) is 10.4. The van der Waals surface area contributed by atoms with Crippen LogP contribution >= 0.6 is 0 Å². The fourth-order valence-electron chi connectivity index (χ4n) is 2.25. The molecule has 0 saturated carbocycles. The van der Waals surface area contributed by atoms with Crippen molar-refractivity contribution in [3.8, 4) is 17.2 Å². The van der Waals surface area contributed by atoms with E-state index in [2.05, 4.69) is 5.32 Å². The van der Waals surface area contributed by atoms with Gasteiger partial charge in [-0.25, -0.2) is 0 Å². The Morgan fingerprint density at radius 3 is 2.08 bits per heavy atom. The number of hydrogen-bond donors (Lipinski definition) is 1.